The smallest absolute Gasteiger partial charge is 0.414 e. The van der Waals surface area contributed by atoms with Crippen molar-refractivity contribution in [3.05, 3.63) is 35.9 Å². The van der Waals surface area contributed by atoms with E-state index in [-0.39, 0.29) is 0 Å². The minimum atomic E-state index is -1.16. The number of carboxylic acid groups (broad SMARTS) is 1. The Morgan fingerprint density at radius 2 is 2.07 bits per heavy atom. The fraction of sp³-hybridized carbons (Fsp3) is 0.100. The van der Waals surface area contributed by atoms with E-state index in [1.165, 1.54) is 6.08 Å². The molecule has 2 rings (SSSR count). The zero-order valence-electron chi connectivity index (χ0n) is 7.29. The van der Waals surface area contributed by atoms with Crippen molar-refractivity contribution in [1.82, 2.24) is 0 Å². The van der Waals surface area contributed by atoms with Gasteiger partial charge in [0.1, 0.15) is 0 Å². The van der Waals surface area contributed by atoms with Gasteiger partial charge in [-0.05, 0) is 17.7 Å². The second-order valence-corrected chi connectivity index (χ2v) is 2.98. The summed E-state index contributed by atoms with van der Waals surface area (Å²) in [6.07, 6.45) is 0.896. The Kier molecular flexibility index (Phi) is 1.98. The molecule has 0 fully saturated rings. The van der Waals surface area contributed by atoms with Gasteiger partial charge in [-0.3, -0.25) is 0 Å². The van der Waals surface area contributed by atoms with Gasteiger partial charge < -0.3 is 10.2 Å². The van der Waals surface area contributed by atoms with Crippen LogP contribution in [0, 0.1) is 0 Å². The standard InChI is InChI=1S/C10H9NO3/c12-9-6-5-7-3-1-2-4-8(7)11(9)10(13)14/h1-6,9,12H,(H,13,14). The molecular weight excluding hydrogens is 182 g/mol. The van der Waals surface area contributed by atoms with E-state index < -0.39 is 12.3 Å². The average molecular weight is 191 g/mol. The molecule has 2 N–H and O–H groups in total. The predicted octanol–water partition coefficient (Wildman–Crippen LogP) is 1.52. The lowest BCUT2D eigenvalue weighted by atomic mass is 10.1. The molecule has 0 saturated carbocycles. The third-order valence-electron chi connectivity index (χ3n) is 2.11. The quantitative estimate of drug-likeness (QED) is 0.653. The largest absolute Gasteiger partial charge is 0.465 e. The lowest BCUT2D eigenvalue weighted by Gasteiger charge is -2.27. The molecule has 0 spiro atoms. The summed E-state index contributed by atoms with van der Waals surface area (Å²) < 4.78 is 0. The Hall–Kier alpha value is -1.81. The molecule has 1 atom stereocenters. The van der Waals surface area contributed by atoms with Crippen LogP contribution < -0.4 is 4.90 Å². The first-order valence-corrected chi connectivity index (χ1v) is 4.17. The van der Waals surface area contributed by atoms with E-state index in [9.17, 15) is 9.90 Å². The molecule has 14 heavy (non-hydrogen) atoms. The van der Waals surface area contributed by atoms with E-state index in [1.54, 1.807) is 24.3 Å². The van der Waals surface area contributed by atoms with Crippen LogP contribution in [0.4, 0.5) is 10.5 Å². The topological polar surface area (TPSA) is 60.8 Å². The number of para-hydroxylation sites is 1. The number of amides is 1. The van der Waals surface area contributed by atoms with Crippen molar-refractivity contribution in [1.29, 1.82) is 0 Å². The predicted molar refractivity (Wildman–Crippen MR) is 52.0 cm³/mol. The zero-order chi connectivity index (χ0) is 10.1. The summed E-state index contributed by atoms with van der Waals surface area (Å²) in [6, 6.07) is 7.02. The average Bonchev–Trinajstić information content (AvgIpc) is 2.17. The molecule has 0 bridgehead atoms. The molecule has 1 aliphatic rings. The first-order chi connectivity index (χ1) is 6.70. The summed E-state index contributed by atoms with van der Waals surface area (Å²) >= 11 is 0. The van der Waals surface area contributed by atoms with Crippen LogP contribution >= 0.6 is 0 Å². The zero-order valence-corrected chi connectivity index (χ0v) is 7.29. The van der Waals surface area contributed by atoms with Crippen LogP contribution in [0.15, 0.2) is 30.3 Å². The fourth-order valence-electron chi connectivity index (χ4n) is 1.48. The highest BCUT2D eigenvalue weighted by molar-refractivity contribution is 5.91. The van der Waals surface area contributed by atoms with E-state index in [0.717, 1.165) is 10.5 Å². The molecule has 1 aliphatic heterocycles. The number of hydrogen-bond donors (Lipinski definition) is 2. The van der Waals surface area contributed by atoms with Crippen LogP contribution in [0.1, 0.15) is 5.56 Å². The minimum Gasteiger partial charge on any atom is -0.465 e. The molecule has 0 aromatic heterocycles. The van der Waals surface area contributed by atoms with E-state index in [1.807, 2.05) is 6.07 Å². The van der Waals surface area contributed by atoms with Gasteiger partial charge in [0.2, 0.25) is 0 Å². The highest BCUT2D eigenvalue weighted by Crippen LogP contribution is 2.27. The Morgan fingerprint density at radius 1 is 1.36 bits per heavy atom. The Morgan fingerprint density at radius 3 is 2.79 bits per heavy atom. The van der Waals surface area contributed by atoms with E-state index in [2.05, 4.69) is 0 Å². The van der Waals surface area contributed by atoms with Gasteiger partial charge in [0.15, 0.2) is 6.23 Å². The Balaban J connectivity index is 2.53. The number of carbonyl (C=O) groups is 1. The number of rotatable bonds is 0. The number of fused-ring (bicyclic) bond motifs is 1. The SMILES string of the molecule is O=C(O)N1c2ccccc2C=CC1O. The van der Waals surface area contributed by atoms with E-state index >= 15 is 0 Å². The van der Waals surface area contributed by atoms with Crippen LogP contribution in [0.3, 0.4) is 0 Å². The lowest BCUT2D eigenvalue weighted by Crippen LogP contribution is -2.40. The molecule has 1 aromatic carbocycles. The molecule has 1 unspecified atom stereocenters. The maximum atomic E-state index is 10.9. The van der Waals surface area contributed by atoms with E-state index in [0.29, 0.717) is 5.69 Å². The van der Waals surface area contributed by atoms with Crippen LogP contribution in [-0.2, 0) is 0 Å². The van der Waals surface area contributed by atoms with Crippen molar-refractivity contribution in [2.45, 2.75) is 6.23 Å². The number of aliphatic hydroxyl groups excluding tert-OH is 1. The van der Waals surface area contributed by atoms with Gasteiger partial charge >= 0.3 is 6.09 Å². The van der Waals surface area contributed by atoms with Crippen molar-refractivity contribution in [2.24, 2.45) is 0 Å². The van der Waals surface area contributed by atoms with Gasteiger partial charge in [0, 0.05) is 0 Å². The summed E-state index contributed by atoms with van der Waals surface area (Å²) in [5, 5.41) is 18.3. The summed E-state index contributed by atoms with van der Waals surface area (Å²) in [5.74, 6) is 0. The fourth-order valence-corrected chi connectivity index (χ4v) is 1.48. The highest BCUT2D eigenvalue weighted by Gasteiger charge is 2.25. The maximum Gasteiger partial charge on any atom is 0.414 e. The van der Waals surface area contributed by atoms with Gasteiger partial charge in [-0.15, -0.1) is 0 Å². The molecular formula is C10H9NO3. The maximum absolute atomic E-state index is 10.9. The number of hydrogen-bond acceptors (Lipinski definition) is 2. The van der Waals surface area contributed by atoms with Crippen molar-refractivity contribution in [2.75, 3.05) is 4.90 Å². The van der Waals surface area contributed by atoms with Gasteiger partial charge in [-0.1, -0.05) is 24.3 Å². The van der Waals surface area contributed by atoms with Crippen molar-refractivity contribution < 1.29 is 15.0 Å². The lowest BCUT2D eigenvalue weighted by molar-refractivity contribution is 0.171. The van der Waals surface area contributed by atoms with Crippen LogP contribution in [-0.4, -0.2) is 22.5 Å². The first-order valence-electron chi connectivity index (χ1n) is 4.17. The highest BCUT2D eigenvalue weighted by atomic mass is 16.4. The molecule has 0 radical (unpaired) electrons. The molecule has 1 amide bonds. The second kappa shape index (κ2) is 3.16. The third-order valence-corrected chi connectivity index (χ3v) is 2.11. The van der Waals surface area contributed by atoms with Gasteiger partial charge in [-0.25, -0.2) is 9.69 Å². The van der Waals surface area contributed by atoms with Gasteiger partial charge in [0.25, 0.3) is 0 Å². The van der Waals surface area contributed by atoms with Crippen molar-refractivity contribution in [3.63, 3.8) is 0 Å². The van der Waals surface area contributed by atoms with Crippen LogP contribution in [0.2, 0.25) is 0 Å². The van der Waals surface area contributed by atoms with Gasteiger partial charge in [0.05, 0.1) is 5.69 Å². The summed E-state index contributed by atoms with van der Waals surface area (Å²) in [5.41, 5.74) is 1.30. The molecule has 1 heterocycles. The normalized spacial score (nSPS) is 19.2. The molecule has 1 aromatic rings. The Labute approximate surface area is 80.7 Å². The number of aliphatic hydroxyl groups is 1. The molecule has 0 aliphatic carbocycles. The monoisotopic (exact) mass is 191 g/mol. The van der Waals surface area contributed by atoms with Crippen LogP contribution in [0.5, 0.6) is 0 Å². The number of benzene rings is 1. The summed E-state index contributed by atoms with van der Waals surface area (Å²) in [4.78, 5) is 11.8. The number of anilines is 1. The van der Waals surface area contributed by atoms with Gasteiger partial charge in [-0.2, -0.15) is 0 Å². The van der Waals surface area contributed by atoms with Crippen molar-refractivity contribution >= 4 is 17.9 Å². The molecule has 72 valence electrons. The number of nitrogens with zero attached hydrogens (tertiary/aromatic N) is 1. The van der Waals surface area contributed by atoms with E-state index in [4.69, 9.17) is 5.11 Å². The minimum absolute atomic E-state index is 0.509. The molecule has 4 nitrogen and oxygen atoms in total. The summed E-state index contributed by atoms with van der Waals surface area (Å²) in [6.45, 7) is 0. The first kappa shape index (κ1) is 8.77. The Bertz CT molecular complexity index is 400. The van der Waals surface area contributed by atoms with Crippen molar-refractivity contribution in [3.8, 4) is 0 Å². The summed E-state index contributed by atoms with van der Waals surface area (Å²) in [7, 11) is 0. The van der Waals surface area contributed by atoms with Crippen LogP contribution in [0.25, 0.3) is 6.08 Å². The molecule has 0 saturated heterocycles. The molecule has 4 heteroatoms. The second-order valence-electron chi connectivity index (χ2n) is 2.98. The third kappa shape index (κ3) is 1.25.